The van der Waals surface area contributed by atoms with E-state index in [1.165, 1.54) is 0 Å². The van der Waals surface area contributed by atoms with Crippen molar-refractivity contribution in [2.45, 2.75) is 26.3 Å². The van der Waals surface area contributed by atoms with Crippen LogP contribution in [-0.4, -0.2) is 41.6 Å². The molecule has 3 rings (SSSR count). The van der Waals surface area contributed by atoms with E-state index in [0.29, 0.717) is 22.8 Å². The lowest BCUT2D eigenvalue weighted by Gasteiger charge is -2.15. The summed E-state index contributed by atoms with van der Waals surface area (Å²) in [6, 6.07) is 6.85. The standard InChI is InChI=1S/C20H23BClFN4O3/c1-2-3-6-27-11-24-19-16(27)10-13(20(29)26-30-8-7-28)18(17(19)23)25-15-5-4-12(21)9-14(15)22/h4-5,9-11,25,28H,2-3,6-8,21H2,1H3,(H,26,29). The van der Waals surface area contributed by atoms with Gasteiger partial charge in [-0.3, -0.25) is 9.63 Å². The van der Waals surface area contributed by atoms with Crippen molar-refractivity contribution in [2.75, 3.05) is 18.5 Å². The van der Waals surface area contributed by atoms with E-state index in [9.17, 15) is 4.79 Å². The van der Waals surface area contributed by atoms with Crippen molar-refractivity contribution in [1.29, 1.82) is 0 Å². The molecule has 0 aliphatic carbocycles. The zero-order chi connectivity index (χ0) is 21.7. The molecule has 0 aliphatic heterocycles. The number of anilines is 2. The molecule has 0 radical (unpaired) electrons. The lowest BCUT2D eigenvalue weighted by molar-refractivity contribution is 0.0169. The maximum absolute atomic E-state index is 15.5. The van der Waals surface area contributed by atoms with Gasteiger partial charge in [-0.25, -0.2) is 14.9 Å². The fraction of sp³-hybridized carbons (Fsp3) is 0.300. The fourth-order valence-electron chi connectivity index (χ4n) is 3.04. The van der Waals surface area contributed by atoms with Crippen molar-refractivity contribution in [1.82, 2.24) is 15.0 Å². The Hall–Kier alpha value is -2.62. The first-order chi connectivity index (χ1) is 14.5. The van der Waals surface area contributed by atoms with E-state index in [1.54, 1.807) is 24.5 Å². The number of aliphatic hydroxyl groups excluding tert-OH is 1. The average molecular weight is 433 g/mol. The Morgan fingerprint density at radius 1 is 1.40 bits per heavy atom. The number of rotatable bonds is 9. The molecule has 158 valence electrons. The number of benzene rings is 2. The molecule has 1 heterocycles. The summed E-state index contributed by atoms with van der Waals surface area (Å²) in [7, 11) is 1.89. The summed E-state index contributed by atoms with van der Waals surface area (Å²) >= 11 is 6.29. The van der Waals surface area contributed by atoms with Crippen LogP contribution in [0.4, 0.5) is 15.8 Å². The van der Waals surface area contributed by atoms with E-state index in [4.69, 9.17) is 21.5 Å². The number of nitrogens with one attached hydrogen (secondary N) is 2. The molecule has 1 aromatic heterocycles. The summed E-state index contributed by atoms with van der Waals surface area (Å²) in [4.78, 5) is 21.9. The third-order valence-electron chi connectivity index (χ3n) is 4.60. The Kier molecular flexibility index (Phi) is 7.31. The predicted molar refractivity (Wildman–Crippen MR) is 118 cm³/mol. The van der Waals surface area contributed by atoms with E-state index in [0.717, 1.165) is 18.3 Å². The van der Waals surface area contributed by atoms with Crippen molar-refractivity contribution in [3.8, 4) is 0 Å². The monoisotopic (exact) mass is 432 g/mol. The van der Waals surface area contributed by atoms with Crippen LogP contribution in [0.15, 0.2) is 30.6 Å². The molecule has 2 aromatic carbocycles. The van der Waals surface area contributed by atoms with E-state index in [2.05, 4.69) is 22.7 Å². The number of unbranched alkanes of at least 4 members (excludes halogenated alkanes) is 1. The topological polar surface area (TPSA) is 88.4 Å². The van der Waals surface area contributed by atoms with Gasteiger partial charge in [0, 0.05) is 6.54 Å². The number of fused-ring (bicyclic) bond motifs is 1. The van der Waals surface area contributed by atoms with Crippen LogP contribution in [0, 0.1) is 5.82 Å². The largest absolute Gasteiger partial charge is 0.394 e. The highest BCUT2D eigenvalue weighted by Crippen LogP contribution is 2.33. The van der Waals surface area contributed by atoms with Crippen LogP contribution in [0.1, 0.15) is 30.1 Å². The van der Waals surface area contributed by atoms with Crippen molar-refractivity contribution in [3.63, 3.8) is 0 Å². The maximum atomic E-state index is 15.5. The SMILES string of the molecule is Bc1ccc(Nc2c(C(=O)NOCCO)cc3c(ncn3CCCC)c2F)c(Cl)c1. The van der Waals surface area contributed by atoms with Crippen molar-refractivity contribution < 1.29 is 19.1 Å². The van der Waals surface area contributed by atoms with Gasteiger partial charge in [-0.15, -0.1) is 0 Å². The normalized spacial score (nSPS) is 11.1. The number of carbonyl (C=O) groups excluding carboxylic acids is 1. The summed E-state index contributed by atoms with van der Waals surface area (Å²) in [5.74, 6) is -1.31. The van der Waals surface area contributed by atoms with E-state index in [-0.39, 0.29) is 30.0 Å². The second-order valence-electron chi connectivity index (χ2n) is 6.88. The molecule has 0 bridgehead atoms. The summed E-state index contributed by atoms with van der Waals surface area (Å²) in [5.41, 5.74) is 4.28. The molecule has 0 fully saturated rings. The second kappa shape index (κ2) is 9.93. The molecular formula is C20H23BClFN4O3. The third-order valence-corrected chi connectivity index (χ3v) is 4.91. The van der Waals surface area contributed by atoms with E-state index in [1.807, 2.05) is 18.5 Å². The van der Waals surface area contributed by atoms with Crippen LogP contribution in [0.5, 0.6) is 0 Å². The molecule has 0 aliphatic rings. The number of aliphatic hydroxyl groups is 1. The molecule has 7 nitrogen and oxygen atoms in total. The third kappa shape index (κ3) is 4.75. The van der Waals surface area contributed by atoms with E-state index < -0.39 is 11.7 Å². The lowest BCUT2D eigenvalue weighted by atomic mass is 9.96. The summed E-state index contributed by atoms with van der Waals surface area (Å²) in [6.07, 6.45) is 3.43. The van der Waals surface area contributed by atoms with Crippen LogP contribution in [0.2, 0.25) is 5.02 Å². The number of carbonyl (C=O) groups is 1. The maximum Gasteiger partial charge on any atom is 0.277 e. The number of halogens is 2. The second-order valence-corrected chi connectivity index (χ2v) is 7.29. The first-order valence-corrected chi connectivity index (χ1v) is 10.1. The highest BCUT2D eigenvalue weighted by atomic mass is 35.5. The van der Waals surface area contributed by atoms with Crippen LogP contribution in [0.25, 0.3) is 11.0 Å². The molecule has 0 atom stereocenters. The van der Waals surface area contributed by atoms with Crippen molar-refractivity contribution in [2.24, 2.45) is 0 Å². The molecule has 10 heteroatoms. The summed E-state index contributed by atoms with van der Waals surface area (Å²) in [5, 5.41) is 12.2. The Labute approximate surface area is 179 Å². The Morgan fingerprint density at radius 2 is 2.20 bits per heavy atom. The predicted octanol–water partition coefficient (Wildman–Crippen LogP) is 2.28. The molecular weight excluding hydrogens is 410 g/mol. The zero-order valence-electron chi connectivity index (χ0n) is 16.8. The molecule has 3 N–H and O–H groups in total. The number of imidazole rings is 1. The molecule has 1 amide bonds. The molecule has 0 spiro atoms. The number of aromatic nitrogens is 2. The van der Waals surface area contributed by atoms with Gasteiger partial charge in [0.15, 0.2) is 5.82 Å². The first-order valence-electron chi connectivity index (χ1n) is 9.69. The van der Waals surface area contributed by atoms with Gasteiger partial charge in [0.25, 0.3) is 5.91 Å². The van der Waals surface area contributed by atoms with E-state index >= 15 is 4.39 Å². The Balaban J connectivity index is 2.09. The quantitative estimate of drug-likeness (QED) is 0.274. The van der Waals surface area contributed by atoms with Gasteiger partial charge in [0.05, 0.1) is 47.0 Å². The smallest absolute Gasteiger partial charge is 0.277 e. The van der Waals surface area contributed by atoms with Gasteiger partial charge < -0.3 is 15.0 Å². The van der Waals surface area contributed by atoms with Crippen molar-refractivity contribution >= 4 is 53.2 Å². The minimum atomic E-state index is -0.660. The Morgan fingerprint density at radius 3 is 2.90 bits per heavy atom. The highest BCUT2D eigenvalue weighted by Gasteiger charge is 2.22. The Bertz CT molecular complexity index is 1060. The average Bonchev–Trinajstić information content (AvgIpc) is 3.13. The van der Waals surface area contributed by atoms with Crippen LogP contribution in [-0.2, 0) is 11.4 Å². The van der Waals surface area contributed by atoms with Crippen LogP contribution in [0.3, 0.4) is 0 Å². The molecule has 3 aromatic rings. The zero-order valence-corrected chi connectivity index (χ0v) is 17.6. The highest BCUT2D eigenvalue weighted by molar-refractivity contribution is 6.37. The van der Waals surface area contributed by atoms with Gasteiger partial charge >= 0.3 is 0 Å². The fourth-order valence-corrected chi connectivity index (χ4v) is 3.32. The number of amides is 1. The number of hydrogen-bond donors (Lipinski definition) is 3. The lowest BCUT2D eigenvalue weighted by Crippen LogP contribution is -2.26. The minimum absolute atomic E-state index is 0.0350. The first kappa shape index (κ1) is 22.1. The molecule has 0 saturated heterocycles. The minimum Gasteiger partial charge on any atom is -0.394 e. The summed E-state index contributed by atoms with van der Waals surface area (Å²) < 4.78 is 17.3. The number of aryl methyl sites for hydroxylation is 1. The van der Waals surface area contributed by atoms with Crippen molar-refractivity contribution in [3.05, 3.63) is 47.0 Å². The van der Waals surface area contributed by atoms with Gasteiger partial charge in [0.2, 0.25) is 0 Å². The number of hydrogen-bond acceptors (Lipinski definition) is 5. The number of hydroxylamine groups is 1. The van der Waals surface area contributed by atoms with Gasteiger partial charge in [-0.05, 0) is 24.6 Å². The van der Waals surface area contributed by atoms with Gasteiger partial charge in [-0.1, -0.05) is 36.5 Å². The van der Waals surface area contributed by atoms with Crippen LogP contribution >= 0.6 is 11.6 Å². The molecule has 30 heavy (non-hydrogen) atoms. The van der Waals surface area contributed by atoms with Gasteiger partial charge in [-0.2, -0.15) is 0 Å². The van der Waals surface area contributed by atoms with Gasteiger partial charge in [0.1, 0.15) is 13.4 Å². The number of nitrogens with zero attached hydrogens (tertiary/aromatic N) is 2. The molecule has 0 unspecified atom stereocenters. The molecule has 0 saturated carbocycles. The summed E-state index contributed by atoms with van der Waals surface area (Å²) in [6.45, 7) is 2.37. The van der Waals surface area contributed by atoms with Crippen LogP contribution < -0.4 is 16.3 Å².